The minimum atomic E-state index is 0. The summed E-state index contributed by atoms with van der Waals surface area (Å²) in [4.78, 5) is 0. The van der Waals surface area contributed by atoms with Crippen LogP contribution >= 0.6 is 12.8 Å². The maximum Gasteiger partial charge on any atom is 1.00 e. The van der Waals surface area contributed by atoms with Gasteiger partial charge in [0.15, 0.2) is 6.33 Å². The maximum absolute atomic E-state index is 3.72. The first-order chi connectivity index (χ1) is 2.89. The fraction of sp³-hybridized carbons (Fsp3) is 0. The predicted molar refractivity (Wildman–Crippen MR) is 22.2 cm³/mol. The predicted octanol–water partition coefficient (Wildman–Crippen LogP) is -0.637. The topological polar surface area (TPSA) is 43.6 Å². The van der Waals surface area contributed by atoms with Crippen LogP contribution in [-0.4, -0.2) is 19.6 Å². The maximum atomic E-state index is 3.72. The molecule has 1 aromatic heterocycles. The third-order valence-corrected chi connectivity index (χ3v) is 0.521. The molecule has 4 nitrogen and oxygen atoms in total. The van der Waals surface area contributed by atoms with Crippen LogP contribution in [0.25, 0.3) is 0 Å². The van der Waals surface area contributed by atoms with Gasteiger partial charge >= 0.3 is 22.4 Å². The van der Waals surface area contributed by atoms with E-state index in [2.05, 4.69) is 28.3 Å². The molecular formula is CH2AgN4S+. The monoisotopic (exact) mass is 209 g/mol. The summed E-state index contributed by atoms with van der Waals surface area (Å²) in [5, 5.41) is 9.89. The van der Waals surface area contributed by atoms with Gasteiger partial charge in [-0.1, -0.05) is 0 Å². The van der Waals surface area contributed by atoms with Gasteiger partial charge in [0.25, 0.3) is 0 Å². The zero-order valence-corrected chi connectivity index (χ0v) is 5.49. The van der Waals surface area contributed by atoms with E-state index in [9.17, 15) is 0 Å². The van der Waals surface area contributed by atoms with Gasteiger partial charge in [-0.05, 0) is 23.2 Å². The average molecular weight is 210 g/mol. The number of hydrogen-bond donors (Lipinski definition) is 1. The molecule has 0 aromatic carbocycles. The van der Waals surface area contributed by atoms with Crippen LogP contribution in [0.5, 0.6) is 0 Å². The molecule has 42 valence electrons. The van der Waals surface area contributed by atoms with Crippen molar-refractivity contribution in [3.8, 4) is 0 Å². The van der Waals surface area contributed by atoms with Crippen LogP contribution in [0, 0.1) is 0 Å². The van der Waals surface area contributed by atoms with Gasteiger partial charge in [0.1, 0.15) is 0 Å². The van der Waals surface area contributed by atoms with Gasteiger partial charge in [0.05, 0.1) is 0 Å². The number of rotatable bonds is 0. The van der Waals surface area contributed by atoms with Crippen LogP contribution < -0.4 is 0 Å². The third-order valence-electron chi connectivity index (χ3n) is 0.338. The van der Waals surface area contributed by atoms with E-state index in [1.54, 1.807) is 0 Å². The Morgan fingerprint density at radius 3 is 2.43 bits per heavy atom. The van der Waals surface area contributed by atoms with Gasteiger partial charge < -0.3 is 0 Å². The van der Waals surface area contributed by atoms with E-state index < -0.39 is 0 Å². The number of hydrogen-bond acceptors (Lipinski definition) is 4. The molecule has 0 fully saturated rings. The van der Waals surface area contributed by atoms with Crippen LogP contribution in [0.15, 0.2) is 6.33 Å². The summed E-state index contributed by atoms with van der Waals surface area (Å²) in [6, 6.07) is 0. The Morgan fingerprint density at radius 2 is 2.29 bits per heavy atom. The molecule has 1 aromatic rings. The Balaban J connectivity index is 0.000000360. The minimum Gasteiger partial charge on any atom is -0.177 e. The molecule has 0 aliphatic carbocycles. The number of tetrazole rings is 1. The molecule has 0 unspecified atom stereocenters. The van der Waals surface area contributed by atoms with Gasteiger partial charge in [-0.15, -0.1) is 5.10 Å². The zero-order chi connectivity index (χ0) is 4.41. The Labute approximate surface area is 61.3 Å². The quantitative estimate of drug-likeness (QED) is 0.457. The van der Waals surface area contributed by atoms with E-state index in [-0.39, 0.29) is 22.4 Å². The summed E-state index contributed by atoms with van der Waals surface area (Å²) < 4.78 is 1.22. The van der Waals surface area contributed by atoms with Crippen LogP contribution in [0.4, 0.5) is 0 Å². The molecule has 1 rings (SSSR count). The molecule has 6 heteroatoms. The Morgan fingerprint density at radius 1 is 1.57 bits per heavy atom. The normalized spacial score (nSPS) is 7.57. The van der Waals surface area contributed by atoms with E-state index in [4.69, 9.17) is 0 Å². The van der Waals surface area contributed by atoms with Crippen LogP contribution in [0.3, 0.4) is 0 Å². The van der Waals surface area contributed by atoms with Crippen molar-refractivity contribution in [3.63, 3.8) is 0 Å². The third kappa shape index (κ3) is 2.08. The molecule has 0 amide bonds. The second-order valence-corrected chi connectivity index (χ2v) is 1.14. The Kier molecular flexibility index (Phi) is 3.27. The van der Waals surface area contributed by atoms with Gasteiger partial charge in [-0.2, -0.15) is 4.09 Å². The molecule has 1 heterocycles. The van der Waals surface area contributed by atoms with E-state index in [1.165, 1.54) is 10.4 Å². The van der Waals surface area contributed by atoms with Crippen molar-refractivity contribution in [3.05, 3.63) is 6.33 Å². The van der Waals surface area contributed by atoms with Crippen LogP contribution in [0.1, 0.15) is 0 Å². The van der Waals surface area contributed by atoms with E-state index in [0.717, 1.165) is 0 Å². The summed E-state index contributed by atoms with van der Waals surface area (Å²) in [6.07, 6.45) is 1.39. The van der Waals surface area contributed by atoms with E-state index in [1.807, 2.05) is 0 Å². The summed E-state index contributed by atoms with van der Waals surface area (Å²) in [7, 11) is 0. The number of thiol groups is 1. The summed E-state index contributed by atoms with van der Waals surface area (Å²) >= 11 is 3.72. The first-order valence-corrected chi connectivity index (χ1v) is 1.72. The van der Waals surface area contributed by atoms with Crippen LogP contribution in [0.2, 0.25) is 0 Å². The van der Waals surface area contributed by atoms with Crippen molar-refractivity contribution in [2.24, 2.45) is 0 Å². The molecule has 0 aliphatic heterocycles. The van der Waals surface area contributed by atoms with Crippen molar-refractivity contribution >= 4 is 12.8 Å². The molecule has 0 atom stereocenters. The minimum absolute atomic E-state index is 0. The first kappa shape index (κ1) is 7.16. The summed E-state index contributed by atoms with van der Waals surface area (Å²) in [5.41, 5.74) is 0. The SMILES string of the molecule is Sn1cnnn1.[Ag+]. The average Bonchev–Trinajstić information content (AvgIpc) is 1.86. The van der Waals surface area contributed by atoms with Crippen molar-refractivity contribution in [2.75, 3.05) is 0 Å². The molecule has 0 radical (unpaired) electrons. The standard InChI is InChI=1S/CH2N4S.Ag/c6-5-1-2-3-4-5;/h1,6H;/q;+1. The van der Waals surface area contributed by atoms with Gasteiger partial charge in [0, 0.05) is 0 Å². The van der Waals surface area contributed by atoms with Gasteiger partial charge in [-0.3, -0.25) is 0 Å². The molecule has 0 saturated heterocycles. The molecule has 0 N–H and O–H groups in total. The van der Waals surface area contributed by atoms with E-state index in [0.29, 0.717) is 0 Å². The van der Waals surface area contributed by atoms with Crippen molar-refractivity contribution in [2.45, 2.75) is 0 Å². The molecule has 7 heavy (non-hydrogen) atoms. The fourth-order valence-corrected chi connectivity index (χ4v) is 0.238. The second-order valence-electron chi connectivity index (χ2n) is 0.730. The molecular weight excluding hydrogens is 208 g/mol. The van der Waals surface area contributed by atoms with Crippen molar-refractivity contribution < 1.29 is 22.4 Å². The summed E-state index contributed by atoms with van der Waals surface area (Å²) in [5.74, 6) is 0. The van der Waals surface area contributed by atoms with Gasteiger partial charge in [0.2, 0.25) is 0 Å². The first-order valence-electron chi connectivity index (χ1n) is 1.32. The Hall–Kier alpha value is 0.160. The molecule has 0 bridgehead atoms. The zero-order valence-electron chi connectivity index (χ0n) is 3.11. The number of nitrogens with zero attached hydrogens (tertiary/aromatic N) is 4. The number of aromatic nitrogens is 4. The van der Waals surface area contributed by atoms with E-state index >= 15 is 0 Å². The van der Waals surface area contributed by atoms with Crippen molar-refractivity contribution in [1.29, 1.82) is 0 Å². The van der Waals surface area contributed by atoms with Crippen molar-refractivity contribution in [1.82, 2.24) is 19.6 Å². The Bertz CT molecular complexity index is 115. The molecule has 0 spiro atoms. The second kappa shape index (κ2) is 3.20. The smallest absolute Gasteiger partial charge is 0.177 e. The summed E-state index contributed by atoms with van der Waals surface area (Å²) in [6.45, 7) is 0. The largest absolute Gasteiger partial charge is 1.00 e. The molecule has 0 saturated carbocycles. The fourth-order valence-electron chi connectivity index (χ4n) is 0.156. The van der Waals surface area contributed by atoms with Gasteiger partial charge in [-0.25, -0.2) is 0 Å². The van der Waals surface area contributed by atoms with Crippen LogP contribution in [-0.2, 0) is 22.4 Å². The molecule has 0 aliphatic rings.